The van der Waals surface area contributed by atoms with E-state index in [0.29, 0.717) is 0 Å². The Morgan fingerprint density at radius 1 is 0.469 bits per heavy atom. The van der Waals surface area contributed by atoms with Crippen molar-refractivity contribution < 1.29 is 0 Å². The van der Waals surface area contributed by atoms with Crippen LogP contribution in [0.3, 0.4) is 0 Å². The van der Waals surface area contributed by atoms with Crippen LogP contribution in [0.5, 0.6) is 0 Å². The van der Waals surface area contributed by atoms with Gasteiger partial charge in [0.25, 0.3) is 0 Å². The molecule has 3 nitrogen and oxygen atoms in total. The maximum atomic E-state index is 5.16. The maximum absolute atomic E-state index is 5.16. The first kappa shape index (κ1) is 29.1. The van der Waals surface area contributed by atoms with Gasteiger partial charge in [0.05, 0.1) is 0 Å². The molecule has 49 heavy (non-hydrogen) atoms. The quantitative estimate of drug-likeness (QED) is 0.192. The van der Waals surface area contributed by atoms with E-state index in [0.717, 1.165) is 28.4 Å². The zero-order valence-corrected chi connectivity index (χ0v) is 27.4. The fraction of sp³-hybridized carbons (Fsp3) is 0.0222. The number of benzene rings is 7. The van der Waals surface area contributed by atoms with E-state index in [1.54, 1.807) is 0 Å². The molecule has 232 valence electrons. The van der Waals surface area contributed by atoms with Crippen molar-refractivity contribution in [3.05, 3.63) is 193 Å². The van der Waals surface area contributed by atoms with Gasteiger partial charge in [0.2, 0.25) is 0 Å². The Balaban J connectivity index is 1.19. The van der Waals surface area contributed by atoms with Crippen LogP contribution in [0.15, 0.2) is 186 Å². The lowest BCUT2D eigenvalue weighted by Gasteiger charge is -2.24. The van der Waals surface area contributed by atoms with Crippen LogP contribution in [0.1, 0.15) is 22.9 Å². The molecular weight excluding hydrogens is 615 g/mol. The summed E-state index contributed by atoms with van der Waals surface area (Å²) in [4.78, 5) is 10.2. The molecule has 8 aromatic rings. The number of amidine groups is 2. The van der Waals surface area contributed by atoms with Crippen LogP contribution in [-0.4, -0.2) is 11.7 Å². The molecule has 1 aliphatic heterocycles. The molecular formula is C45H31N3S. The highest BCUT2D eigenvalue weighted by Gasteiger charge is 2.24. The second-order valence-corrected chi connectivity index (χ2v) is 13.2. The molecule has 0 fully saturated rings. The van der Waals surface area contributed by atoms with Gasteiger partial charge < -0.3 is 5.32 Å². The molecule has 9 rings (SSSR count). The number of aliphatic imine (C=N–C) groups is 2. The number of fused-ring (bicyclic) bond motifs is 3. The number of nitrogens with zero attached hydrogens (tertiary/aromatic N) is 2. The van der Waals surface area contributed by atoms with Gasteiger partial charge in [-0.3, -0.25) is 0 Å². The van der Waals surface area contributed by atoms with Crippen LogP contribution in [-0.2, 0) is 0 Å². The summed E-state index contributed by atoms with van der Waals surface area (Å²) in [6.07, 6.45) is -0.252. The predicted octanol–water partition coefficient (Wildman–Crippen LogP) is 11.6. The van der Waals surface area contributed by atoms with Gasteiger partial charge in [-0.2, -0.15) is 0 Å². The molecule has 4 heteroatoms. The summed E-state index contributed by atoms with van der Waals surface area (Å²) in [7, 11) is 0. The minimum atomic E-state index is -0.252. The molecule has 7 aromatic carbocycles. The summed E-state index contributed by atoms with van der Waals surface area (Å²) in [6.45, 7) is 0. The van der Waals surface area contributed by atoms with E-state index < -0.39 is 0 Å². The number of rotatable bonds is 6. The average Bonchev–Trinajstić information content (AvgIpc) is 3.58. The standard InChI is InChI=1S/C45H31N3S/c1-4-15-30(16-5-1)33-21-12-22-34(29-33)35-23-10-11-24-36(35)37-25-13-26-38-41-39(27-14-28-40(41)49-42(37)38)45-47-43(31-17-6-2-7-18-31)46-44(48-45)32-19-8-3-9-20-32/h1-29,43H,(H,46,47,48). The highest BCUT2D eigenvalue weighted by Crippen LogP contribution is 2.44. The SMILES string of the molecule is c1ccc(C2=NC(c3ccccc3)NC(c3cccc4sc5c(-c6ccccc6-c6cccc(-c7ccccc7)c6)cccc5c34)=N2)cc1. The van der Waals surface area contributed by atoms with Gasteiger partial charge in [0.15, 0.2) is 5.84 Å². The first-order valence-electron chi connectivity index (χ1n) is 16.5. The lowest BCUT2D eigenvalue weighted by Crippen LogP contribution is -2.33. The Hall–Kier alpha value is -6.10. The first-order valence-corrected chi connectivity index (χ1v) is 17.3. The Morgan fingerprint density at radius 2 is 1.06 bits per heavy atom. The molecule has 1 aromatic heterocycles. The number of nitrogens with one attached hydrogen (secondary N) is 1. The van der Waals surface area contributed by atoms with Crippen molar-refractivity contribution in [2.75, 3.05) is 0 Å². The molecule has 0 saturated carbocycles. The van der Waals surface area contributed by atoms with E-state index >= 15 is 0 Å². The summed E-state index contributed by atoms with van der Waals surface area (Å²) in [6, 6.07) is 62.2. The van der Waals surface area contributed by atoms with Crippen molar-refractivity contribution in [1.29, 1.82) is 0 Å². The van der Waals surface area contributed by atoms with Crippen molar-refractivity contribution in [2.45, 2.75) is 6.17 Å². The van der Waals surface area contributed by atoms with Crippen molar-refractivity contribution >= 4 is 43.2 Å². The van der Waals surface area contributed by atoms with E-state index in [1.807, 2.05) is 35.6 Å². The summed E-state index contributed by atoms with van der Waals surface area (Å²) in [5, 5.41) is 6.13. The van der Waals surface area contributed by atoms with Crippen molar-refractivity contribution in [3.63, 3.8) is 0 Å². The van der Waals surface area contributed by atoms with Gasteiger partial charge in [-0.05, 0) is 45.5 Å². The molecule has 1 atom stereocenters. The van der Waals surface area contributed by atoms with E-state index in [4.69, 9.17) is 9.98 Å². The van der Waals surface area contributed by atoms with E-state index in [-0.39, 0.29) is 6.17 Å². The summed E-state index contributed by atoms with van der Waals surface area (Å²) >= 11 is 1.85. The van der Waals surface area contributed by atoms with Crippen LogP contribution < -0.4 is 5.32 Å². The smallest absolute Gasteiger partial charge is 0.159 e. The third-order valence-corrected chi connectivity index (χ3v) is 10.4. The lowest BCUT2D eigenvalue weighted by atomic mass is 9.92. The van der Waals surface area contributed by atoms with Crippen LogP contribution in [0, 0.1) is 0 Å². The summed E-state index contributed by atoms with van der Waals surface area (Å²) < 4.78 is 2.50. The molecule has 0 aliphatic carbocycles. The largest absolute Gasteiger partial charge is 0.344 e. The molecule has 0 amide bonds. The second-order valence-electron chi connectivity index (χ2n) is 12.2. The fourth-order valence-electron chi connectivity index (χ4n) is 6.83. The summed E-state index contributed by atoms with van der Waals surface area (Å²) in [5.74, 6) is 1.56. The minimum Gasteiger partial charge on any atom is -0.344 e. The first-order chi connectivity index (χ1) is 24.3. The minimum absolute atomic E-state index is 0.252. The Bertz CT molecular complexity index is 2510. The Morgan fingerprint density at radius 3 is 1.86 bits per heavy atom. The molecule has 0 spiro atoms. The zero-order chi connectivity index (χ0) is 32.6. The van der Waals surface area contributed by atoms with Gasteiger partial charge in [-0.1, -0.05) is 164 Å². The molecule has 0 saturated heterocycles. The predicted molar refractivity (Wildman–Crippen MR) is 207 cm³/mol. The van der Waals surface area contributed by atoms with Crippen LogP contribution in [0.25, 0.3) is 53.6 Å². The monoisotopic (exact) mass is 645 g/mol. The number of hydrogen-bond acceptors (Lipinski definition) is 4. The van der Waals surface area contributed by atoms with Crippen LogP contribution >= 0.6 is 11.3 Å². The normalized spacial score (nSPS) is 14.3. The fourth-order valence-corrected chi connectivity index (χ4v) is 8.09. The molecule has 1 unspecified atom stereocenters. The summed E-state index contributed by atoms with van der Waals surface area (Å²) in [5.41, 5.74) is 10.5. The van der Waals surface area contributed by atoms with Gasteiger partial charge in [0.1, 0.15) is 12.0 Å². The number of hydrogen-bond donors (Lipinski definition) is 1. The van der Waals surface area contributed by atoms with Crippen molar-refractivity contribution in [1.82, 2.24) is 5.32 Å². The molecule has 0 radical (unpaired) electrons. The molecule has 1 aliphatic rings. The van der Waals surface area contributed by atoms with E-state index in [1.165, 1.54) is 53.6 Å². The van der Waals surface area contributed by atoms with E-state index in [2.05, 4.69) is 157 Å². The zero-order valence-electron chi connectivity index (χ0n) is 26.6. The molecule has 1 N–H and O–H groups in total. The van der Waals surface area contributed by atoms with Crippen molar-refractivity contribution in [3.8, 4) is 33.4 Å². The topological polar surface area (TPSA) is 36.8 Å². The average molecular weight is 646 g/mol. The number of thiophene rings is 1. The third-order valence-electron chi connectivity index (χ3n) is 9.17. The van der Waals surface area contributed by atoms with Crippen LogP contribution in [0.2, 0.25) is 0 Å². The third kappa shape index (κ3) is 5.42. The lowest BCUT2D eigenvalue weighted by molar-refractivity contribution is 0.674. The van der Waals surface area contributed by atoms with Gasteiger partial charge in [-0.25, -0.2) is 9.98 Å². The van der Waals surface area contributed by atoms with E-state index in [9.17, 15) is 0 Å². The molecule has 0 bridgehead atoms. The highest BCUT2D eigenvalue weighted by atomic mass is 32.1. The van der Waals surface area contributed by atoms with Gasteiger partial charge in [-0.15, -0.1) is 11.3 Å². The van der Waals surface area contributed by atoms with Crippen molar-refractivity contribution in [2.24, 2.45) is 9.98 Å². The Labute approximate surface area is 289 Å². The Kier molecular flexibility index (Phi) is 7.41. The van der Waals surface area contributed by atoms with Gasteiger partial charge >= 0.3 is 0 Å². The maximum Gasteiger partial charge on any atom is 0.159 e. The highest BCUT2D eigenvalue weighted by molar-refractivity contribution is 7.26. The second kappa shape index (κ2) is 12.5. The van der Waals surface area contributed by atoms with Crippen LogP contribution in [0.4, 0.5) is 0 Å². The molecule has 2 heterocycles. The van der Waals surface area contributed by atoms with Gasteiger partial charge in [0, 0.05) is 36.9 Å².